The molecule has 0 radical (unpaired) electrons. The second kappa shape index (κ2) is 6.80. The summed E-state index contributed by atoms with van der Waals surface area (Å²) in [6.45, 7) is 3.37. The number of carbonyl (C=O) groups is 2. The number of amides is 2. The third kappa shape index (κ3) is 3.72. The quantitative estimate of drug-likeness (QED) is 0.900. The van der Waals surface area contributed by atoms with Crippen molar-refractivity contribution >= 4 is 17.5 Å². The highest BCUT2D eigenvalue weighted by Crippen LogP contribution is 2.58. The minimum Gasteiger partial charge on any atom is -0.342 e. The van der Waals surface area contributed by atoms with E-state index in [0.717, 1.165) is 18.4 Å². The molecule has 1 spiro atoms. The number of aryl methyl sites for hydroxylation is 1. The van der Waals surface area contributed by atoms with Crippen LogP contribution < -0.4 is 5.32 Å². The molecule has 2 fully saturated rings. The second-order valence-electron chi connectivity index (χ2n) is 7.85. The molecule has 1 aliphatic heterocycles. The second-order valence-corrected chi connectivity index (χ2v) is 7.85. The lowest BCUT2D eigenvalue weighted by molar-refractivity contribution is -0.129. The summed E-state index contributed by atoms with van der Waals surface area (Å²) in [5, 5.41) is 2.80. The van der Waals surface area contributed by atoms with Crippen LogP contribution in [0, 0.1) is 24.1 Å². The molecule has 0 bridgehead atoms. The Morgan fingerprint density at radius 3 is 2.74 bits per heavy atom. The summed E-state index contributed by atoms with van der Waals surface area (Å²) in [4.78, 5) is 27.0. The molecular formula is C22H23FN2O2. The number of nitrogens with one attached hydrogen (secondary N) is 1. The molecule has 2 atom stereocenters. The van der Waals surface area contributed by atoms with E-state index in [1.807, 2.05) is 36.1 Å². The van der Waals surface area contributed by atoms with Gasteiger partial charge in [-0.1, -0.05) is 35.9 Å². The van der Waals surface area contributed by atoms with Gasteiger partial charge >= 0.3 is 0 Å². The van der Waals surface area contributed by atoms with Gasteiger partial charge in [0.2, 0.25) is 11.8 Å². The van der Waals surface area contributed by atoms with Crippen LogP contribution in [0.4, 0.5) is 10.1 Å². The van der Waals surface area contributed by atoms with Crippen molar-refractivity contribution in [2.24, 2.45) is 11.3 Å². The molecule has 1 N–H and O–H groups in total. The van der Waals surface area contributed by atoms with E-state index in [9.17, 15) is 14.0 Å². The molecule has 2 aromatic rings. The van der Waals surface area contributed by atoms with Crippen LogP contribution in [0.5, 0.6) is 0 Å². The Morgan fingerprint density at radius 2 is 2.00 bits per heavy atom. The minimum atomic E-state index is -0.368. The monoisotopic (exact) mass is 366 g/mol. The Hall–Kier alpha value is -2.69. The SMILES string of the molecule is Cc1ccc(CC(=O)N2CC[C@]3(C[C@@H]3C(=O)Nc3cccc(F)c3)C2)cc1. The minimum absolute atomic E-state index is 0.0755. The van der Waals surface area contributed by atoms with Gasteiger partial charge in [-0.15, -0.1) is 0 Å². The maximum Gasteiger partial charge on any atom is 0.228 e. The molecule has 2 aromatic carbocycles. The van der Waals surface area contributed by atoms with Gasteiger partial charge in [-0.05, 0) is 43.5 Å². The van der Waals surface area contributed by atoms with Crippen LogP contribution in [0.3, 0.4) is 0 Å². The lowest BCUT2D eigenvalue weighted by atomic mass is 10.0. The van der Waals surface area contributed by atoms with Crippen LogP contribution in [0.2, 0.25) is 0 Å². The number of anilines is 1. The molecular weight excluding hydrogens is 343 g/mol. The fourth-order valence-corrected chi connectivity index (χ4v) is 4.07. The maximum atomic E-state index is 13.3. The number of nitrogens with zero attached hydrogens (tertiary/aromatic N) is 1. The molecule has 4 rings (SSSR count). The van der Waals surface area contributed by atoms with Crippen LogP contribution in [0.1, 0.15) is 24.0 Å². The van der Waals surface area contributed by atoms with Gasteiger partial charge in [-0.2, -0.15) is 0 Å². The van der Waals surface area contributed by atoms with E-state index >= 15 is 0 Å². The first-order valence-electron chi connectivity index (χ1n) is 9.35. The van der Waals surface area contributed by atoms with Crippen LogP contribution in [-0.4, -0.2) is 29.8 Å². The summed E-state index contributed by atoms with van der Waals surface area (Å²) < 4.78 is 13.3. The predicted octanol–water partition coefficient (Wildman–Crippen LogP) is 3.55. The zero-order valence-corrected chi connectivity index (χ0v) is 15.4. The standard InChI is InChI=1S/C22H23FN2O2/c1-15-5-7-16(8-6-15)11-20(26)25-10-9-22(14-25)13-19(22)21(27)24-18-4-2-3-17(23)12-18/h2-8,12,19H,9-11,13-14H2,1H3,(H,24,27)/t19-,22+/m1/s1. The predicted molar refractivity (Wildman–Crippen MR) is 102 cm³/mol. The molecule has 1 heterocycles. The maximum absolute atomic E-state index is 13.3. The lowest BCUT2D eigenvalue weighted by Crippen LogP contribution is -2.31. The summed E-state index contributed by atoms with van der Waals surface area (Å²) in [6, 6.07) is 13.9. The summed E-state index contributed by atoms with van der Waals surface area (Å²) in [6.07, 6.45) is 2.05. The fraction of sp³-hybridized carbons (Fsp3) is 0.364. The van der Waals surface area contributed by atoms with Crippen LogP contribution in [0.25, 0.3) is 0 Å². The largest absolute Gasteiger partial charge is 0.342 e. The summed E-state index contributed by atoms with van der Waals surface area (Å²) in [5.41, 5.74) is 2.58. The van der Waals surface area contributed by atoms with Crippen molar-refractivity contribution in [2.75, 3.05) is 18.4 Å². The third-order valence-electron chi connectivity index (χ3n) is 5.81. The summed E-state index contributed by atoms with van der Waals surface area (Å²) in [5.74, 6) is -0.426. The molecule has 1 saturated heterocycles. The van der Waals surface area contributed by atoms with Gasteiger partial charge < -0.3 is 10.2 Å². The van der Waals surface area contributed by atoms with Gasteiger partial charge in [0, 0.05) is 30.1 Å². The van der Waals surface area contributed by atoms with Gasteiger partial charge in [0.1, 0.15) is 5.82 Å². The van der Waals surface area contributed by atoms with Crippen molar-refractivity contribution in [2.45, 2.75) is 26.2 Å². The number of rotatable bonds is 4. The van der Waals surface area contributed by atoms with Crippen molar-refractivity contribution in [3.05, 3.63) is 65.5 Å². The Balaban J connectivity index is 1.33. The zero-order chi connectivity index (χ0) is 19.0. The van der Waals surface area contributed by atoms with E-state index in [4.69, 9.17) is 0 Å². The number of benzene rings is 2. The van der Waals surface area contributed by atoms with Crippen molar-refractivity contribution in [3.8, 4) is 0 Å². The number of carbonyl (C=O) groups excluding carboxylic acids is 2. The van der Waals surface area contributed by atoms with E-state index in [1.54, 1.807) is 12.1 Å². The van der Waals surface area contributed by atoms with Gasteiger partial charge in [0.25, 0.3) is 0 Å². The number of likely N-dealkylation sites (tertiary alicyclic amines) is 1. The summed E-state index contributed by atoms with van der Waals surface area (Å²) >= 11 is 0. The lowest BCUT2D eigenvalue weighted by Gasteiger charge is -2.17. The number of hydrogen-bond acceptors (Lipinski definition) is 2. The Labute approximate surface area is 158 Å². The first kappa shape index (κ1) is 17.7. The van der Waals surface area contributed by atoms with Gasteiger partial charge in [-0.25, -0.2) is 4.39 Å². The van der Waals surface area contributed by atoms with Crippen LogP contribution in [-0.2, 0) is 16.0 Å². The van der Waals surface area contributed by atoms with Gasteiger partial charge in [-0.3, -0.25) is 9.59 Å². The average molecular weight is 366 g/mol. The highest BCUT2D eigenvalue weighted by Gasteiger charge is 2.61. The van der Waals surface area contributed by atoms with Crippen LogP contribution in [0.15, 0.2) is 48.5 Å². The zero-order valence-electron chi connectivity index (χ0n) is 15.4. The Kier molecular flexibility index (Phi) is 4.46. The van der Waals surface area contributed by atoms with Crippen molar-refractivity contribution in [3.63, 3.8) is 0 Å². The normalized spacial score (nSPS) is 23.5. The molecule has 4 nitrogen and oxygen atoms in total. The molecule has 140 valence electrons. The Morgan fingerprint density at radius 1 is 1.22 bits per heavy atom. The van der Waals surface area contributed by atoms with E-state index in [-0.39, 0.29) is 29.0 Å². The molecule has 5 heteroatoms. The molecule has 0 aromatic heterocycles. The number of hydrogen-bond donors (Lipinski definition) is 1. The van der Waals surface area contributed by atoms with E-state index in [0.29, 0.717) is 25.2 Å². The molecule has 1 aliphatic carbocycles. The molecule has 2 aliphatic rings. The highest BCUT2D eigenvalue weighted by molar-refractivity contribution is 5.95. The highest BCUT2D eigenvalue weighted by atomic mass is 19.1. The van der Waals surface area contributed by atoms with E-state index < -0.39 is 0 Å². The first-order chi connectivity index (χ1) is 12.9. The first-order valence-corrected chi connectivity index (χ1v) is 9.35. The summed E-state index contributed by atoms with van der Waals surface area (Å²) in [7, 11) is 0. The van der Waals surface area contributed by atoms with E-state index in [1.165, 1.54) is 17.7 Å². The smallest absolute Gasteiger partial charge is 0.228 e. The molecule has 2 amide bonds. The molecule has 27 heavy (non-hydrogen) atoms. The van der Waals surface area contributed by atoms with Crippen LogP contribution >= 0.6 is 0 Å². The van der Waals surface area contributed by atoms with Crippen molar-refractivity contribution in [1.29, 1.82) is 0 Å². The average Bonchev–Trinajstić information content (AvgIpc) is 3.17. The number of halogens is 1. The topological polar surface area (TPSA) is 49.4 Å². The van der Waals surface area contributed by atoms with Crippen molar-refractivity contribution < 1.29 is 14.0 Å². The molecule has 1 saturated carbocycles. The Bertz CT molecular complexity index is 880. The van der Waals surface area contributed by atoms with Gasteiger partial charge in [0.05, 0.1) is 6.42 Å². The van der Waals surface area contributed by atoms with Gasteiger partial charge in [0.15, 0.2) is 0 Å². The third-order valence-corrected chi connectivity index (χ3v) is 5.81. The van der Waals surface area contributed by atoms with Crippen molar-refractivity contribution in [1.82, 2.24) is 4.90 Å². The fourth-order valence-electron chi connectivity index (χ4n) is 4.07. The van der Waals surface area contributed by atoms with E-state index in [2.05, 4.69) is 5.32 Å². The molecule has 0 unspecified atom stereocenters.